The number of carboxylic acid groups (broad SMARTS) is 1. The van der Waals surface area contributed by atoms with Crippen LogP contribution >= 0.6 is 11.6 Å². The molecule has 1 heterocycles. The topological polar surface area (TPSA) is 90.9 Å². The van der Waals surface area contributed by atoms with Crippen LogP contribution < -0.4 is 15.5 Å². The lowest BCUT2D eigenvalue weighted by molar-refractivity contribution is -0.137. The van der Waals surface area contributed by atoms with Crippen LogP contribution in [-0.2, 0) is 9.53 Å². The zero-order chi connectivity index (χ0) is 17.5. The molecule has 0 aromatic heterocycles. The van der Waals surface area contributed by atoms with Crippen molar-refractivity contribution in [3.8, 4) is 0 Å². The van der Waals surface area contributed by atoms with E-state index in [0.717, 1.165) is 0 Å². The van der Waals surface area contributed by atoms with Gasteiger partial charge in [-0.2, -0.15) is 0 Å². The number of carboxylic acids is 1. The highest BCUT2D eigenvalue weighted by Crippen LogP contribution is 2.32. The maximum atomic E-state index is 13.8. The van der Waals surface area contributed by atoms with Gasteiger partial charge >= 0.3 is 12.0 Å². The number of amides is 2. The van der Waals surface area contributed by atoms with E-state index in [9.17, 15) is 14.0 Å². The molecular formula is C15H19ClFN3O4. The number of hydrogen-bond donors (Lipinski definition) is 3. The molecule has 1 aliphatic heterocycles. The van der Waals surface area contributed by atoms with Crippen LogP contribution in [-0.4, -0.2) is 50.0 Å². The highest BCUT2D eigenvalue weighted by Gasteiger charge is 2.18. The predicted octanol–water partition coefficient (Wildman–Crippen LogP) is 2.30. The third kappa shape index (κ3) is 5.24. The highest BCUT2D eigenvalue weighted by molar-refractivity contribution is 6.31. The van der Waals surface area contributed by atoms with Gasteiger partial charge in [0, 0.05) is 32.1 Å². The van der Waals surface area contributed by atoms with Crippen LogP contribution in [0.15, 0.2) is 12.1 Å². The number of ether oxygens (including phenoxy) is 1. The van der Waals surface area contributed by atoms with Crippen LogP contribution in [0.2, 0.25) is 5.02 Å². The van der Waals surface area contributed by atoms with Gasteiger partial charge in [-0.15, -0.1) is 0 Å². The molecule has 1 aliphatic rings. The molecule has 0 aliphatic carbocycles. The van der Waals surface area contributed by atoms with E-state index in [2.05, 4.69) is 10.6 Å². The van der Waals surface area contributed by atoms with E-state index >= 15 is 0 Å². The van der Waals surface area contributed by atoms with Crippen molar-refractivity contribution >= 4 is 35.0 Å². The molecule has 132 valence electrons. The molecule has 0 radical (unpaired) electrons. The molecule has 3 N–H and O–H groups in total. The minimum atomic E-state index is -0.924. The maximum Gasteiger partial charge on any atom is 0.319 e. The Morgan fingerprint density at radius 2 is 2.04 bits per heavy atom. The number of carbonyl (C=O) groups is 2. The summed E-state index contributed by atoms with van der Waals surface area (Å²) in [5.74, 6) is -1.55. The second-order valence-corrected chi connectivity index (χ2v) is 5.67. The average molecular weight is 360 g/mol. The first-order valence-corrected chi connectivity index (χ1v) is 7.93. The van der Waals surface area contributed by atoms with Crippen LogP contribution in [0.4, 0.5) is 20.6 Å². The summed E-state index contributed by atoms with van der Waals surface area (Å²) < 4.78 is 19.0. The van der Waals surface area contributed by atoms with Crippen LogP contribution in [0.5, 0.6) is 0 Å². The Morgan fingerprint density at radius 3 is 2.71 bits per heavy atom. The second-order valence-electron chi connectivity index (χ2n) is 5.26. The lowest BCUT2D eigenvalue weighted by Gasteiger charge is -2.30. The van der Waals surface area contributed by atoms with Crippen molar-refractivity contribution in [2.24, 2.45) is 0 Å². The number of morpholine rings is 1. The van der Waals surface area contributed by atoms with Crippen molar-refractivity contribution in [1.82, 2.24) is 5.32 Å². The van der Waals surface area contributed by atoms with Gasteiger partial charge in [-0.25, -0.2) is 9.18 Å². The van der Waals surface area contributed by atoms with Gasteiger partial charge in [0.05, 0.1) is 29.6 Å². The quantitative estimate of drug-likeness (QED) is 0.678. The van der Waals surface area contributed by atoms with Gasteiger partial charge < -0.3 is 25.4 Å². The molecule has 2 amide bonds. The summed E-state index contributed by atoms with van der Waals surface area (Å²) in [6.45, 7) is 2.50. The Labute approximate surface area is 143 Å². The molecule has 0 atom stereocenters. The number of nitrogens with zero attached hydrogens (tertiary/aromatic N) is 1. The molecule has 0 saturated carbocycles. The summed E-state index contributed by atoms with van der Waals surface area (Å²) in [4.78, 5) is 24.3. The Morgan fingerprint density at radius 1 is 1.33 bits per heavy atom. The molecule has 1 saturated heterocycles. The number of nitrogens with one attached hydrogen (secondary N) is 2. The van der Waals surface area contributed by atoms with Gasteiger partial charge in [-0.3, -0.25) is 4.79 Å². The number of aliphatic carboxylic acids is 1. The molecule has 7 nitrogen and oxygen atoms in total. The molecule has 9 heteroatoms. The van der Waals surface area contributed by atoms with E-state index in [1.165, 1.54) is 12.1 Å². The average Bonchev–Trinajstić information content (AvgIpc) is 2.55. The number of halogens is 2. The van der Waals surface area contributed by atoms with Crippen molar-refractivity contribution < 1.29 is 23.8 Å². The van der Waals surface area contributed by atoms with E-state index in [4.69, 9.17) is 21.4 Å². The van der Waals surface area contributed by atoms with Crippen molar-refractivity contribution in [1.29, 1.82) is 0 Å². The van der Waals surface area contributed by atoms with Gasteiger partial charge in [0.25, 0.3) is 0 Å². The molecule has 1 aromatic rings. The number of carbonyl (C=O) groups excluding carboxylic acids is 1. The summed E-state index contributed by atoms with van der Waals surface area (Å²) >= 11 is 5.86. The molecular weight excluding hydrogens is 341 g/mol. The van der Waals surface area contributed by atoms with Crippen LogP contribution in [0, 0.1) is 5.82 Å². The van der Waals surface area contributed by atoms with Crippen molar-refractivity contribution in [3.63, 3.8) is 0 Å². The van der Waals surface area contributed by atoms with Crippen molar-refractivity contribution in [2.75, 3.05) is 43.1 Å². The molecule has 2 rings (SSSR count). The first-order chi connectivity index (χ1) is 11.5. The minimum Gasteiger partial charge on any atom is -0.481 e. The summed E-state index contributed by atoms with van der Waals surface area (Å²) in [7, 11) is 0. The Kier molecular flexibility index (Phi) is 6.62. The van der Waals surface area contributed by atoms with E-state index in [0.29, 0.717) is 44.1 Å². The van der Waals surface area contributed by atoms with E-state index in [-0.39, 0.29) is 18.0 Å². The fourth-order valence-electron chi connectivity index (χ4n) is 2.31. The standard InChI is InChI=1S/C15H19ClFN3O4/c16-10-8-13(20-4-6-24-7-5-20)12(9-11(10)17)19-15(23)18-3-1-2-14(21)22/h8-9H,1-7H2,(H,21,22)(H2,18,19,23). The first-order valence-electron chi connectivity index (χ1n) is 7.56. The van der Waals surface area contributed by atoms with E-state index < -0.39 is 17.8 Å². The lowest BCUT2D eigenvalue weighted by Crippen LogP contribution is -2.37. The van der Waals surface area contributed by atoms with Crippen LogP contribution in [0.3, 0.4) is 0 Å². The molecule has 1 fully saturated rings. The second kappa shape index (κ2) is 8.70. The summed E-state index contributed by atoms with van der Waals surface area (Å²) in [6, 6.07) is 2.11. The Hall–Kier alpha value is -2.06. The smallest absolute Gasteiger partial charge is 0.319 e. The third-order valence-electron chi connectivity index (χ3n) is 3.49. The summed E-state index contributed by atoms with van der Waals surface area (Å²) in [5.41, 5.74) is 0.917. The number of benzene rings is 1. The lowest BCUT2D eigenvalue weighted by atomic mass is 10.2. The normalized spacial score (nSPS) is 14.3. The molecule has 0 spiro atoms. The maximum absolute atomic E-state index is 13.8. The van der Waals surface area contributed by atoms with Crippen molar-refractivity contribution in [2.45, 2.75) is 12.8 Å². The number of hydrogen-bond acceptors (Lipinski definition) is 4. The fraction of sp³-hybridized carbons (Fsp3) is 0.467. The van der Waals surface area contributed by atoms with Crippen molar-refractivity contribution in [3.05, 3.63) is 23.0 Å². The van der Waals surface area contributed by atoms with E-state index in [1.807, 2.05) is 4.90 Å². The Bertz CT molecular complexity index is 609. The van der Waals surface area contributed by atoms with E-state index in [1.54, 1.807) is 0 Å². The highest BCUT2D eigenvalue weighted by atomic mass is 35.5. The van der Waals surface area contributed by atoms with Gasteiger partial charge in [0.1, 0.15) is 5.82 Å². The molecule has 1 aromatic carbocycles. The number of anilines is 2. The predicted molar refractivity (Wildman–Crippen MR) is 88.3 cm³/mol. The van der Waals surface area contributed by atoms with Crippen LogP contribution in [0.25, 0.3) is 0 Å². The monoisotopic (exact) mass is 359 g/mol. The molecule has 0 unspecified atom stereocenters. The first kappa shape index (κ1) is 18.3. The van der Waals surface area contributed by atoms with Gasteiger partial charge in [0.2, 0.25) is 0 Å². The fourth-order valence-corrected chi connectivity index (χ4v) is 2.47. The number of rotatable bonds is 6. The van der Waals surface area contributed by atoms with Gasteiger partial charge in [-0.05, 0) is 12.5 Å². The van der Waals surface area contributed by atoms with Gasteiger partial charge in [-0.1, -0.05) is 11.6 Å². The zero-order valence-electron chi connectivity index (χ0n) is 13.0. The van der Waals surface area contributed by atoms with Crippen LogP contribution in [0.1, 0.15) is 12.8 Å². The minimum absolute atomic E-state index is 0.0242. The third-order valence-corrected chi connectivity index (χ3v) is 3.78. The largest absolute Gasteiger partial charge is 0.481 e. The molecule has 0 bridgehead atoms. The zero-order valence-corrected chi connectivity index (χ0v) is 13.7. The summed E-state index contributed by atoms with van der Waals surface area (Å²) in [5, 5.41) is 13.7. The molecule has 24 heavy (non-hydrogen) atoms. The summed E-state index contributed by atoms with van der Waals surface area (Å²) in [6.07, 6.45) is 0.281. The Balaban J connectivity index is 2.03. The van der Waals surface area contributed by atoms with Gasteiger partial charge in [0.15, 0.2) is 0 Å². The SMILES string of the molecule is O=C(O)CCCNC(=O)Nc1cc(F)c(Cl)cc1N1CCOCC1. The number of urea groups is 1.